The Kier molecular flexibility index (Phi) is 16.0. The van der Waals surface area contributed by atoms with E-state index in [-0.39, 0.29) is 0 Å². The van der Waals surface area contributed by atoms with Crippen molar-refractivity contribution in [1.29, 1.82) is 0 Å². The van der Waals surface area contributed by atoms with Crippen LogP contribution in [0.5, 0.6) is 0 Å². The van der Waals surface area contributed by atoms with E-state index in [1.807, 2.05) is 0 Å². The summed E-state index contributed by atoms with van der Waals surface area (Å²) in [4.78, 5) is 8.33. The van der Waals surface area contributed by atoms with Crippen molar-refractivity contribution in [3.8, 4) is 0 Å². The van der Waals surface area contributed by atoms with Gasteiger partial charge in [-0.25, -0.2) is 0 Å². The zero-order valence-corrected chi connectivity index (χ0v) is 14.9. The van der Waals surface area contributed by atoms with E-state index in [9.17, 15) is 0 Å². The maximum absolute atomic E-state index is 8.33. The van der Waals surface area contributed by atoms with Crippen LogP contribution in [0.15, 0.2) is 0 Å². The van der Waals surface area contributed by atoms with Crippen LogP contribution in [0.1, 0.15) is 39.5 Å². The Hall–Kier alpha value is -0.810. The smallest absolute Gasteiger partial charge is 0.0780 e. The molecule has 0 aromatic rings. The summed E-state index contributed by atoms with van der Waals surface area (Å²) in [5.74, 6) is 0. The van der Waals surface area contributed by atoms with Crippen molar-refractivity contribution in [3.05, 3.63) is 0 Å². The minimum atomic E-state index is -2.33. The van der Waals surface area contributed by atoms with Gasteiger partial charge in [-0.15, -0.1) is 0 Å². The minimum absolute atomic E-state index is 1.10. The van der Waals surface area contributed by atoms with Crippen molar-refractivity contribution in [2.24, 2.45) is 0 Å². The zero-order valence-electron chi connectivity index (χ0n) is 14.9. The molecule has 0 aromatic heterocycles. The standard InChI is InChI=1S/2C7H18N.CH2O3/c2*1-5-6-7-8(2,3)4;2-1(3)4/h2*5-7H2,1-4H3;(H2,2,3,4)/q2*+1;/p-2. The number of nitrogens with zero attached hydrogens (tertiary/aromatic N) is 2. The van der Waals surface area contributed by atoms with E-state index in [0.29, 0.717) is 0 Å². The molecule has 0 aliphatic carbocycles. The number of carboxylic acid groups (broad SMARTS) is 2. The highest BCUT2D eigenvalue weighted by molar-refractivity contribution is 5.47. The molecule has 124 valence electrons. The van der Waals surface area contributed by atoms with Crippen molar-refractivity contribution >= 4 is 6.16 Å². The van der Waals surface area contributed by atoms with Gasteiger partial charge >= 0.3 is 0 Å². The first-order chi connectivity index (χ1) is 8.85. The highest BCUT2D eigenvalue weighted by atomic mass is 16.6. The molecule has 0 atom stereocenters. The largest absolute Gasteiger partial charge is 0.652 e. The Morgan fingerprint density at radius 3 is 1.00 bits per heavy atom. The molecule has 0 bridgehead atoms. The van der Waals surface area contributed by atoms with E-state index in [4.69, 9.17) is 15.0 Å². The lowest BCUT2D eigenvalue weighted by atomic mass is 10.3. The van der Waals surface area contributed by atoms with Gasteiger partial charge in [0.05, 0.1) is 55.4 Å². The summed E-state index contributed by atoms with van der Waals surface area (Å²) in [6, 6.07) is 0. The number of hydrogen-bond acceptors (Lipinski definition) is 3. The molecule has 0 aliphatic heterocycles. The predicted octanol–water partition coefficient (Wildman–Crippen LogP) is 0.538. The molecule has 0 rings (SSSR count). The third-order valence-corrected chi connectivity index (χ3v) is 2.36. The number of hydrogen-bond donors (Lipinski definition) is 0. The van der Waals surface area contributed by atoms with Crippen LogP contribution in [-0.2, 0) is 0 Å². The summed E-state index contributed by atoms with van der Waals surface area (Å²) in [7, 11) is 13.4. The van der Waals surface area contributed by atoms with Gasteiger partial charge in [-0.3, -0.25) is 0 Å². The Morgan fingerprint density at radius 2 is 0.950 bits per heavy atom. The quantitative estimate of drug-likeness (QED) is 0.671. The summed E-state index contributed by atoms with van der Waals surface area (Å²) >= 11 is 0. The lowest BCUT2D eigenvalue weighted by Gasteiger charge is -2.23. The molecule has 0 saturated carbocycles. The Labute approximate surface area is 126 Å². The molecular formula is C15H36N2O3. The van der Waals surface area contributed by atoms with E-state index in [1.54, 1.807) is 0 Å². The van der Waals surface area contributed by atoms with Crippen LogP contribution in [0, 0.1) is 0 Å². The van der Waals surface area contributed by atoms with Crippen molar-refractivity contribution < 1.29 is 24.0 Å². The molecule has 0 N–H and O–H groups in total. The van der Waals surface area contributed by atoms with E-state index in [2.05, 4.69) is 56.1 Å². The number of carbonyl (C=O) groups is 1. The molecule has 0 spiro atoms. The fourth-order valence-corrected chi connectivity index (χ4v) is 1.26. The monoisotopic (exact) mass is 292 g/mol. The zero-order chi connectivity index (χ0) is 16.8. The second kappa shape index (κ2) is 13.2. The fourth-order valence-electron chi connectivity index (χ4n) is 1.26. The van der Waals surface area contributed by atoms with Crippen LogP contribution in [0.4, 0.5) is 4.79 Å². The molecule has 5 nitrogen and oxygen atoms in total. The molecule has 0 radical (unpaired) electrons. The second-order valence-corrected chi connectivity index (χ2v) is 6.98. The van der Waals surface area contributed by atoms with Gasteiger partial charge in [0.15, 0.2) is 0 Å². The number of carbonyl (C=O) groups excluding carboxylic acids is 1. The number of unbranched alkanes of at least 4 members (excludes halogenated alkanes) is 2. The second-order valence-electron chi connectivity index (χ2n) is 6.98. The Morgan fingerprint density at radius 1 is 0.750 bits per heavy atom. The molecule has 5 heteroatoms. The summed E-state index contributed by atoms with van der Waals surface area (Å²) in [6.07, 6.45) is 3.00. The lowest BCUT2D eigenvalue weighted by molar-refractivity contribution is -0.870. The predicted molar refractivity (Wildman–Crippen MR) is 81.0 cm³/mol. The summed E-state index contributed by atoms with van der Waals surface area (Å²) in [5.41, 5.74) is 0. The summed E-state index contributed by atoms with van der Waals surface area (Å²) in [5, 5.41) is 16.7. The Balaban J connectivity index is -0.000000230. The maximum atomic E-state index is 8.33. The first-order valence-electron chi connectivity index (χ1n) is 7.34. The summed E-state index contributed by atoms with van der Waals surface area (Å²) in [6.45, 7) is 7.07. The fraction of sp³-hybridized carbons (Fsp3) is 0.933. The molecular weight excluding hydrogens is 256 g/mol. The molecule has 0 saturated heterocycles. The van der Waals surface area contributed by atoms with Crippen LogP contribution in [0.3, 0.4) is 0 Å². The molecule has 0 aliphatic rings. The summed E-state index contributed by atoms with van der Waals surface area (Å²) < 4.78 is 2.21. The molecule has 20 heavy (non-hydrogen) atoms. The van der Waals surface area contributed by atoms with Gasteiger partial charge in [0, 0.05) is 0 Å². The van der Waals surface area contributed by atoms with Gasteiger partial charge in [0.25, 0.3) is 0 Å². The van der Waals surface area contributed by atoms with Crippen molar-refractivity contribution in [3.63, 3.8) is 0 Å². The molecule has 0 amide bonds. The van der Waals surface area contributed by atoms with Gasteiger partial charge in [-0.1, -0.05) is 26.7 Å². The third-order valence-electron chi connectivity index (χ3n) is 2.36. The average molecular weight is 292 g/mol. The van der Waals surface area contributed by atoms with E-state index >= 15 is 0 Å². The van der Waals surface area contributed by atoms with Crippen molar-refractivity contribution in [2.45, 2.75) is 39.5 Å². The normalized spacial score (nSPS) is 10.8. The van der Waals surface area contributed by atoms with E-state index in [1.165, 1.54) is 38.8 Å². The molecule has 0 unspecified atom stereocenters. The van der Waals surface area contributed by atoms with Crippen LogP contribution >= 0.6 is 0 Å². The highest BCUT2D eigenvalue weighted by Crippen LogP contribution is 1.95. The first-order valence-corrected chi connectivity index (χ1v) is 7.34. The molecule has 0 heterocycles. The van der Waals surface area contributed by atoms with Crippen LogP contribution < -0.4 is 10.2 Å². The minimum Gasteiger partial charge on any atom is -0.652 e. The number of quaternary nitrogens is 2. The molecule has 0 aromatic carbocycles. The highest BCUT2D eigenvalue weighted by Gasteiger charge is 2.03. The van der Waals surface area contributed by atoms with E-state index in [0.717, 1.165) is 8.97 Å². The van der Waals surface area contributed by atoms with Crippen molar-refractivity contribution in [1.82, 2.24) is 0 Å². The SMILES string of the molecule is CCCC[N+](C)(C)C.CCCC[N+](C)(C)C.O=C([O-])[O-]. The maximum Gasteiger partial charge on any atom is 0.0780 e. The van der Waals surface area contributed by atoms with Gasteiger partial charge < -0.3 is 24.0 Å². The van der Waals surface area contributed by atoms with Gasteiger partial charge in [0.1, 0.15) is 0 Å². The third kappa shape index (κ3) is 53.4. The number of rotatable bonds is 6. The van der Waals surface area contributed by atoms with Crippen molar-refractivity contribution in [2.75, 3.05) is 55.4 Å². The molecule has 0 fully saturated rings. The van der Waals surface area contributed by atoms with Gasteiger partial charge in [0.2, 0.25) is 0 Å². The lowest BCUT2D eigenvalue weighted by Crippen LogP contribution is -2.37. The van der Waals surface area contributed by atoms with Gasteiger partial charge in [-0.2, -0.15) is 0 Å². The van der Waals surface area contributed by atoms with E-state index < -0.39 is 6.16 Å². The van der Waals surface area contributed by atoms with Crippen LogP contribution in [0.2, 0.25) is 0 Å². The van der Waals surface area contributed by atoms with Gasteiger partial charge in [-0.05, 0) is 19.0 Å². The first kappa shape index (κ1) is 24.2. The van der Waals surface area contributed by atoms with Crippen LogP contribution in [0.25, 0.3) is 0 Å². The average Bonchev–Trinajstić information content (AvgIpc) is 2.21. The Bertz CT molecular complexity index is 196. The topological polar surface area (TPSA) is 63.2 Å². The van der Waals surface area contributed by atoms with Crippen LogP contribution in [-0.4, -0.2) is 70.5 Å².